The molecule has 2 N–H and O–H groups in total. The predicted octanol–water partition coefficient (Wildman–Crippen LogP) is 0.699. The Balaban J connectivity index is 1.65. The number of hydrogen-bond acceptors (Lipinski definition) is 4. The minimum absolute atomic E-state index is 0.183. The molecule has 1 aliphatic rings. The van der Waals surface area contributed by atoms with E-state index in [4.69, 9.17) is 0 Å². The second kappa shape index (κ2) is 5.93. The van der Waals surface area contributed by atoms with Gasteiger partial charge in [0, 0.05) is 18.0 Å². The number of carbonyl (C=O) groups is 3. The van der Waals surface area contributed by atoms with E-state index in [2.05, 4.69) is 15.6 Å². The molecule has 112 valence electrons. The number of nitrogens with one attached hydrogen (secondary N) is 2. The summed E-state index contributed by atoms with van der Waals surface area (Å²) < 4.78 is 0. The second-order valence-electron chi connectivity index (χ2n) is 5.28. The second-order valence-corrected chi connectivity index (χ2v) is 5.28. The highest BCUT2D eigenvalue weighted by atomic mass is 16.2. The molecule has 0 spiro atoms. The quantitative estimate of drug-likeness (QED) is 0.816. The number of aromatic nitrogens is 1. The maximum Gasteiger partial charge on any atom is 0.249 e. The number of imide groups is 1. The van der Waals surface area contributed by atoms with Gasteiger partial charge in [0.15, 0.2) is 0 Å². The average Bonchev–Trinajstić information content (AvgIpc) is 2.50. The van der Waals surface area contributed by atoms with E-state index in [1.807, 2.05) is 30.3 Å². The SMILES string of the molecule is O=C1CCC(NC(=O)Cc2ccc3ncccc3c2)C(=O)N1. The van der Waals surface area contributed by atoms with Crippen molar-refractivity contribution in [1.82, 2.24) is 15.6 Å². The summed E-state index contributed by atoms with van der Waals surface area (Å²) in [6, 6.07) is 8.77. The zero-order chi connectivity index (χ0) is 15.5. The summed E-state index contributed by atoms with van der Waals surface area (Å²) in [6.45, 7) is 0. The minimum Gasteiger partial charge on any atom is -0.344 e. The van der Waals surface area contributed by atoms with Gasteiger partial charge in [-0.3, -0.25) is 24.7 Å². The molecule has 1 fully saturated rings. The lowest BCUT2D eigenvalue weighted by Crippen LogP contribution is -2.52. The highest BCUT2D eigenvalue weighted by Gasteiger charge is 2.27. The summed E-state index contributed by atoms with van der Waals surface area (Å²) >= 11 is 0. The maximum absolute atomic E-state index is 12.1. The van der Waals surface area contributed by atoms with E-state index in [0.717, 1.165) is 16.5 Å². The molecule has 2 aromatic rings. The van der Waals surface area contributed by atoms with Gasteiger partial charge in [-0.15, -0.1) is 0 Å². The highest BCUT2D eigenvalue weighted by molar-refractivity contribution is 6.01. The van der Waals surface area contributed by atoms with Gasteiger partial charge in [-0.1, -0.05) is 12.1 Å². The van der Waals surface area contributed by atoms with Gasteiger partial charge in [-0.25, -0.2) is 0 Å². The topological polar surface area (TPSA) is 88.2 Å². The van der Waals surface area contributed by atoms with E-state index in [9.17, 15) is 14.4 Å². The van der Waals surface area contributed by atoms with E-state index in [1.165, 1.54) is 0 Å². The Kier molecular flexibility index (Phi) is 3.82. The van der Waals surface area contributed by atoms with Crippen LogP contribution >= 0.6 is 0 Å². The average molecular weight is 297 g/mol. The number of benzene rings is 1. The molecule has 1 atom stereocenters. The van der Waals surface area contributed by atoms with Crippen LogP contribution in [0.25, 0.3) is 10.9 Å². The van der Waals surface area contributed by atoms with E-state index in [1.54, 1.807) is 6.20 Å². The third-order valence-electron chi connectivity index (χ3n) is 3.61. The van der Waals surface area contributed by atoms with Gasteiger partial charge in [0.05, 0.1) is 11.9 Å². The molecule has 6 nitrogen and oxygen atoms in total. The van der Waals surface area contributed by atoms with Crippen LogP contribution in [0.2, 0.25) is 0 Å². The minimum atomic E-state index is -0.632. The van der Waals surface area contributed by atoms with Gasteiger partial charge in [0.25, 0.3) is 0 Å². The lowest BCUT2D eigenvalue weighted by Gasteiger charge is -2.21. The fraction of sp³-hybridized carbons (Fsp3) is 0.250. The van der Waals surface area contributed by atoms with Crippen LogP contribution in [0.4, 0.5) is 0 Å². The largest absolute Gasteiger partial charge is 0.344 e. The molecule has 1 aromatic carbocycles. The molecular weight excluding hydrogens is 282 g/mol. The van der Waals surface area contributed by atoms with Crippen molar-refractivity contribution in [3.05, 3.63) is 42.1 Å². The van der Waals surface area contributed by atoms with E-state index in [0.29, 0.717) is 6.42 Å². The molecule has 22 heavy (non-hydrogen) atoms. The number of nitrogens with zero attached hydrogens (tertiary/aromatic N) is 1. The maximum atomic E-state index is 12.1. The van der Waals surface area contributed by atoms with Crippen molar-refractivity contribution in [2.45, 2.75) is 25.3 Å². The lowest BCUT2D eigenvalue weighted by atomic mass is 10.0. The van der Waals surface area contributed by atoms with Crippen LogP contribution < -0.4 is 10.6 Å². The Hall–Kier alpha value is -2.76. The van der Waals surface area contributed by atoms with Crippen LogP contribution in [0.5, 0.6) is 0 Å². The van der Waals surface area contributed by atoms with E-state index < -0.39 is 11.9 Å². The van der Waals surface area contributed by atoms with Crippen molar-refractivity contribution < 1.29 is 14.4 Å². The fourth-order valence-electron chi connectivity index (χ4n) is 2.50. The van der Waals surface area contributed by atoms with E-state index >= 15 is 0 Å². The molecule has 0 aliphatic carbocycles. The summed E-state index contributed by atoms with van der Waals surface area (Å²) in [5, 5.41) is 5.86. The molecule has 0 radical (unpaired) electrons. The summed E-state index contributed by atoms with van der Waals surface area (Å²) in [5.74, 6) is -0.970. The third kappa shape index (κ3) is 3.11. The smallest absolute Gasteiger partial charge is 0.249 e. The monoisotopic (exact) mass is 297 g/mol. The van der Waals surface area contributed by atoms with Crippen molar-refractivity contribution in [2.75, 3.05) is 0 Å². The predicted molar refractivity (Wildman–Crippen MR) is 79.8 cm³/mol. The molecule has 1 aliphatic heterocycles. The van der Waals surface area contributed by atoms with Crippen LogP contribution in [0.15, 0.2) is 36.5 Å². The van der Waals surface area contributed by atoms with Gasteiger partial charge >= 0.3 is 0 Å². The summed E-state index contributed by atoms with van der Waals surface area (Å²) in [6.07, 6.45) is 2.50. The number of piperidine rings is 1. The van der Waals surface area contributed by atoms with Crippen LogP contribution in [-0.4, -0.2) is 28.7 Å². The first kappa shape index (κ1) is 14.2. The zero-order valence-electron chi connectivity index (χ0n) is 11.8. The number of rotatable bonds is 3. The molecular formula is C16H15N3O3. The van der Waals surface area contributed by atoms with Crippen molar-refractivity contribution in [3.8, 4) is 0 Å². The van der Waals surface area contributed by atoms with Gasteiger partial charge in [-0.2, -0.15) is 0 Å². The molecule has 0 bridgehead atoms. The molecule has 2 heterocycles. The number of hydrogen-bond donors (Lipinski definition) is 2. The number of pyridine rings is 1. The first-order valence-electron chi connectivity index (χ1n) is 7.08. The first-order chi connectivity index (χ1) is 10.6. The fourth-order valence-corrected chi connectivity index (χ4v) is 2.50. The molecule has 0 saturated carbocycles. The lowest BCUT2D eigenvalue weighted by molar-refractivity contribution is -0.137. The Morgan fingerprint density at radius 2 is 2.18 bits per heavy atom. The molecule has 1 saturated heterocycles. The molecule has 6 heteroatoms. The van der Waals surface area contributed by atoms with Gasteiger partial charge in [0.2, 0.25) is 17.7 Å². The standard InChI is InChI=1S/C16H15N3O3/c20-14-6-5-13(16(22)19-14)18-15(21)9-10-3-4-12-11(8-10)2-1-7-17-12/h1-4,7-8,13H,5-6,9H2,(H,18,21)(H,19,20,22). The molecule has 3 amide bonds. The Morgan fingerprint density at radius 1 is 1.32 bits per heavy atom. The van der Waals surface area contributed by atoms with Crippen LogP contribution in [0, 0.1) is 0 Å². The highest BCUT2D eigenvalue weighted by Crippen LogP contribution is 2.14. The normalized spacial score (nSPS) is 18.1. The van der Waals surface area contributed by atoms with Crippen molar-refractivity contribution in [2.24, 2.45) is 0 Å². The van der Waals surface area contributed by atoms with Gasteiger partial charge in [0.1, 0.15) is 6.04 Å². The number of carbonyl (C=O) groups excluding carboxylic acids is 3. The van der Waals surface area contributed by atoms with E-state index in [-0.39, 0.29) is 24.7 Å². The summed E-state index contributed by atoms with van der Waals surface area (Å²) in [7, 11) is 0. The van der Waals surface area contributed by atoms with Gasteiger partial charge in [-0.05, 0) is 30.2 Å². The molecule has 1 aromatic heterocycles. The van der Waals surface area contributed by atoms with Gasteiger partial charge < -0.3 is 5.32 Å². The zero-order valence-corrected chi connectivity index (χ0v) is 11.8. The molecule has 1 unspecified atom stereocenters. The third-order valence-corrected chi connectivity index (χ3v) is 3.61. The first-order valence-corrected chi connectivity index (χ1v) is 7.08. The van der Waals surface area contributed by atoms with Crippen LogP contribution in [0.3, 0.4) is 0 Å². The van der Waals surface area contributed by atoms with Crippen LogP contribution in [-0.2, 0) is 20.8 Å². The Morgan fingerprint density at radius 3 is 3.00 bits per heavy atom. The Labute approximate surface area is 126 Å². The van der Waals surface area contributed by atoms with Crippen LogP contribution in [0.1, 0.15) is 18.4 Å². The van der Waals surface area contributed by atoms with Crippen molar-refractivity contribution in [3.63, 3.8) is 0 Å². The Bertz CT molecular complexity index is 757. The summed E-state index contributed by atoms with van der Waals surface area (Å²) in [5.41, 5.74) is 1.72. The van der Waals surface area contributed by atoms with Crippen molar-refractivity contribution in [1.29, 1.82) is 0 Å². The number of amides is 3. The van der Waals surface area contributed by atoms with Crippen molar-refractivity contribution >= 4 is 28.6 Å². The summed E-state index contributed by atoms with van der Waals surface area (Å²) in [4.78, 5) is 39.0. The molecule has 3 rings (SSSR count). The number of fused-ring (bicyclic) bond motifs is 1.